The Morgan fingerprint density at radius 3 is 2.47 bits per heavy atom. The molecular weight excluding hydrogens is 420 g/mol. The van der Waals surface area contributed by atoms with E-state index in [0.717, 1.165) is 60.4 Å². The van der Waals surface area contributed by atoms with Gasteiger partial charge in [-0.15, -0.1) is 11.3 Å². The van der Waals surface area contributed by atoms with Gasteiger partial charge < -0.3 is 10.2 Å². The van der Waals surface area contributed by atoms with Crippen LogP contribution in [-0.2, 0) is 4.79 Å². The van der Waals surface area contributed by atoms with Gasteiger partial charge in [0.15, 0.2) is 0 Å². The van der Waals surface area contributed by atoms with Gasteiger partial charge in [0.1, 0.15) is 4.83 Å². The maximum Gasteiger partial charge on any atom is 0.261 e. The fourth-order valence-electron chi connectivity index (χ4n) is 5.01. The van der Waals surface area contributed by atoms with Crippen LogP contribution in [0.25, 0.3) is 15.9 Å². The van der Waals surface area contributed by atoms with Crippen molar-refractivity contribution in [3.63, 3.8) is 0 Å². The molecule has 6 nitrogen and oxygen atoms in total. The topological polar surface area (TPSA) is 67.2 Å². The Bertz CT molecular complexity index is 1110. The summed E-state index contributed by atoms with van der Waals surface area (Å²) in [4.78, 5) is 29.5. The molecule has 1 saturated heterocycles. The SMILES string of the molecule is Cc1nn(-c2ccccc2)c2sc(C(=O)NC3CCN(C(=O)C4CCCCC4)CC3)cc12. The van der Waals surface area contributed by atoms with Gasteiger partial charge in [0.25, 0.3) is 5.91 Å². The number of para-hydroxylation sites is 1. The molecule has 2 amide bonds. The van der Waals surface area contributed by atoms with Crippen LogP contribution in [0.1, 0.15) is 60.3 Å². The molecule has 2 fully saturated rings. The lowest BCUT2D eigenvalue weighted by Crippen LogP contribution is -2.48. The summed E-state index contributed by atoms with van der Waals surface area (Å²) in [6.07, 6.45) is 7.36. The van der Waals surface area contributed by atoms with Crippen LogP contribution in [0.15, 0.2) is 36.4 Å². The Kier molecular flexibility index (Phi) is 6.00. The highest BCUT2D eigenvalue weighted by Crippen LogP contribution is 2.31. The largest absolute Gasteiger partial charge is 0.348 e. The van der Waals surface area contributed by atoms with Gasteiger partial charge in [0.05, 0.1) is 16.3 Å². The normalized spacial score (nSPS) is 18.2. The Hall–Kier alpha value is -2.67. The summed E-state index contributed by atoms with van der Waals surface area (Å²) >= 11 is 1.48. The van der Waals surface area contributed by atoms with Gasteiger partial charge in [0, 0.05) is 30.4 Å². The average molecular weight is 451 g/mol. The molecule has 1 aliphatic heterocycles. The quantitative estimate of drug-likeness (QED) is 0.627. The number of fused-ring (bicyclic) bond motifs is 1. The molecule has 1 aromatic carbocycles. The van der Waals surface area contributed by atoms with Crippen LogP contribution >= 0.6 is 11.3 Å². The number of rotatable bonds is 4. The summed E-state index contributed by atoms with van der Waals surface area (Å²) in [6, 6.07) is 12.1. The van der Waals surface area contributed by atoms with E-state index >= 15 is 0 Å². The minimum atomic E-state index is -0.0257. The van der Waals surface area contributed by atoms with E-state index in [1.807, 2.05) is 52.9 Å². The molecule has 0 radical (unpaired) electrons. The first-order valence-corrected chi connectivity index (χ1v) is 12.6. The molecule has 0 unspecified atom stereocenters. The summed E-state index contributed by atoms with van der Waals surface area (Å²) in [6.45, 7) is 3.47. The molecule has 0 bridgehead atoms. The van der Waals surface area contributed by atoms with Crippen LogP contribution in [0.2, 0.25) is 0 Å². The third-order valence-electron chi connectivity index (χ3n) is 6.87. The highest BCUT2D eigenvalue weighted by molar-refractivity contribution is 7.20. The van der Waals surface area contributed by atoms with Crippen molar-refractivity contribution in [2.45, 2.75) is 57.9 Å². The van der Waals surface area contributed by atoms with E-state index in [1.165, 1.54) is 30.6 Å². The van der Waals surface area contributed by atoms with E-state index in [-0.39, 0.29) is 17.9 Å². The molecule has 168 valence electrons. The number of likely N-dealkylation sites (tertiary alicyclic amines) is 1. The Morgan fingerprint density at radius 2 is 1.75 bits per heavy atom. The molecule has 3 heterocycles. The first-order chi connectivity index (χ1) is 15.6. The number of nitrogens with one attached hydrogen (secondary N) is 1. The molecule has 2 aromatic heterocycles. The smallest absolute Gasteiger partial charge is 0.261 e. The van der Waals surface area contributed by atoms with Gasteiger partial charge in [-0.3, -0.25) is 9.59 Å². The second-order valence-electron chi connectivity index (χ2n) is 9.07. The molecule has 5 rings (SSSR count). The van der Waals surface area contributed by atoms with E-state index < -0.39 is 0 Å². The lowest BCUT2D eigenvalue weighted by atomic mass is 9.87. The lowest BCUT2D eigenvalue weighted by Gasteiger charge is -2.35. The first-order valence-electron chi connectivity index (χ1n) is 11.7. The van der Waals surface area contributed by atoms with Crippen molar-refractivity contribution in [1.82, 2.24) is 20.0 Å². The van der Waals surface area contributed by atoms with E-state index in [4.69, 9.17) is 0 Å². The Labute approximate surface area is 192 Å². The standard InChI is InChI=1S/C25H30N4O2S/c1-17-21-16-22(32-25(21)29(27-17)20-10-6-3-7-11-20)23(30)26-19-12-14-28(15-13-19)24(31)18-8-4-2-5-9-18/h3,6-7,10-11,16,18-19H,2,4-5,8-9,12-15H2,1H3,(H,26,30). The summed E-state index contributed by atoms with van der Waals surface area (Å²) in [7, 11) is 0. The monoisotopic (exact) mass is 450 g/mol. The molecule has 7 heteroatoms. The zero-order chi connectivity index (χ0) is 22.1. The number of thiophene rings is 1. The van der Waals surface area contributed by atoms with Crippen molar-refractivity contribution in [2.75, 3.05) is 13.1 Å². The number of aryl methyl sites for hydroxylation is 1. The molecule has 0 atom stereocenters. The van der Waals surface area contributed by atoms with Crippen molar-refractivity contribution in [3.05, 3.63) is 47.0 Å². The van der Waals surface area contributed by atoms with E-state index in [1.54, 1.807) is 0 Å². The van der Waals surface area contributed by atoms with Crippen molar-refractivity contribution in [1.29, 1.82) is 0 Å². The Balaban J connectivity index is 1.23. The van der Waals surface area contributed by atoms with Crippen LogP contribution in [0, 0.1) is 12.8 Å². The minimum Gasteiger partial charge on any atom is -0.348 e. The zero-order valence-corrected chi connectivity index (χ0v) is 19.4. The zero-order valence-electron chi connectivity index (χ0n) is 18.5. The number of aromatic nitrogens is 2. The van der Waals surface area contributed by atoms with E-state index in [9.17, 15) is 9.59 Å². The number of hydrogen-bond donors (Lipinski definition) is 1. The van der Waals surface area contributed by atoms with Gasteiger partial charge in [-0.1, -0.05) is 37.5 Å². The summed E-state index contributed by atoms with van der Waals surface area (Å²) < 4.78 is 1.92. The molecule has 32 heavy (non-hydrogen) atoms. The van der Waals surface area contributed by atoms with Crippen LogP contribution in [0.3, 0.4) is 0 Å². The highest BCUT2D eigenvalue weighted by Gasteiger charge is 2.30. The highest BCUT2D eigenvalue weighted by atomic mass is 32.1. The predicted octanol–water partition coefficient (Wildman–Crippen LogP) is 4.70. The number of benzene rings is 1. The second kappa shape index (κ2) is 9.06. The van der Waals surface area contributed by atoms with Gasteiger partial charge in [-0.25, -0.2) is 4.68 Å². The number of hydrogen-bond acceptors (Lipinski definition) is 4. The minimum absolute atomic E-state index is 0.0257. The number of carbonyl (C=O) groups excluding carboxylic acids is 2. The second-order valence-corrected chi connectivity index (χ2v) is 10.1. The molecular formula is C25H30N4O2S. The van der Waals surface area contributed by atoms with Crippen molar-refractivity contribution < 1.29 is 9.59 Å². The average Bonchev–Trinajstić information content (AvgIpc) is 3.41. The molecule has 1 saturated carbocycles. The number of amides is 2. The van der Waals surface area contributed by atoms with E-state index in [0.29, 0.717) is 10.8 Å². The van der Waals surface area contributed by atoms with E-state index in [2.05, 4.69) is 10.4 Å². The van der Waals surface area contributed by atoms with Gasteiger partial charge in [0.2, 0.25) is 5.91 Å². The lowest BCUT2D eigenvalue weighted by molar-refractivity contribution is -0.137. The first kappa shape index (κ1) is 21.2. The summed E-state index contributed by atoms with van der Waals surface area (Å²) in [5.41, 5.74) is 1.92. The van der Waals surface area contributed by atoms with Crippen LogP contribution < -0.4 is 5.32 Å². The number of carbonyl (C=O) groups is 2. The van der Waals surface area contributed by atoms with Gasteiger partial charge in [-0.2, -0.15) is 5.10 Å². The van der Waals surface area contributed by atoms with Crippen LogP contribution in [0.4, 0.5) is 0 Å². The fraction of sp³-hybridized carbons (Fsp3) is 0.480. The molecule has 0 spiro atoms. The van der Waals surface area contributed by atoms with Crippen LogP contribution in [-0.4, -0.2) is 45.6 Å². The molecule has 2 aliphatic rings. The molecule has 1 N–H and O–H groups in total. The Morgan fingerprint density at radius 1 is 1.03 bits per heavy atom. The maximum absolute atomic E-state index is 13.0. The predicted molar refractivity (Wildman–Crippen MR) is 127 cm³/mol. The maximum atomic E-state index is 13.0. The van der Waals surface area contributed by atoms with Crippen molar-refractivity contribution in [2.24, 2.45) is 5.92 Å². The third kappa shape index (κ3) is 4.18. The fourth-order valence-corrected chi connectivity index (χ4v) is 6.10. The molecule has 3 aromatic rings. The van der Waals surface area contributed by atoms with Crippen molar-refractivity contribution >= 4 is 33.4 Å². The van der Waals surface area contributed by atoms with Crippen molar-refractivity contribution in [3.8, 4) is 5.69 Å². The number of piperidine rings is 1. The van der Waals surface area contributed by atoms with Crippen LogP contribution in [0.5, 0.6) is 0 Å². The van der Waals surface area contributed by atoms with Gasteiger partial charge in [-0.05, 0) is 50.8 Å². The summed E-state index contributed by atoms with van der Waals surface area (Å²) in [5.74, 6) is 0.531. The third-order valence-corrected chi connectivity index (χ3v) is 7.97. The number of nitrogens with zero attached hydrogens (tertiary/aromatic N) is 3. The molecule has 1 aliphatic carbocycles. The summed E-state index contributed by atoms with van der Waals surface area (Å²) in [5, 5.41) is 8.89. The van der Waals surface area contributed by atoms with Gasteiger partial charge >= 0.3 is 0 Å².